The Morgan fingerprint density at radius 2 is 2.15 bits per heavy atom. The van der Waals surface area contributed by atoms with Crippen molar-refractivity contribution in [2.24, 2.45) is 0 Å². The number of carboxylic acid groups (broad SMARTS) is 1. The number of benzene rings is 1. The molecule has 1 fully saturated rings. The zero-order chi connectivity index (χ0) is 14.9. The molecule has 0 bridgehead atoms. The Kier molecular flexibility index (Phi) is 4.29. The van der Waals surface area contributed by atoms with Crippen molar-refractivity contribution in [1.29, 1.82) is 0 Å². The fourth-order valence-corrected chi connectivity index (χ4v) is 2.78. The van der Waals surface area contributed by atoms with E-state index in [1.807, 2.05) is 0 Å². The van der Waals surface area contributed by atoms with Crippen LogP contribution in [0.4, 0.5) is 0 Å². The highest BCUT2D eigenvalue weighted by Gasteiger charge is 2.39. The second-order valence-corrected chi connectivity index (χ2v) is 5.40. The van der Waals surface area contributed by atoms with E-state index in [0.29, 0.717) is 15.8 Å². The van der Waals surface area contributed by atoms with E-state index < -0.39 is 24.0 Å². The van der Waals surface area contributed by atoms with E-state index in [1.54, 1.807) is 18.2 Å². The molecule has 0 aromatic heterocycles. The van der Waals surface area contributed by atoms with Crippen molar-refractivity contribution in [2.45, 2.75) is 18.6 Å². The lowest BCUT2D eigenvalue weighted by molar-refractivity contribution is -0.141. The van der Waals surface area contributed by atoms with Crippen LogP contribution in [0, 0.1) is 0 Å². The van der Waals surface area contributed by atoms with Gasteiger partial charge in [-0.15, -0.1) is 0 Å². The molecule has 7 heteroatoms. The minimum atomic E-state index is -1.11. The van der Waals surface area contributed by atoms with Crippen LogP contribution in [0.1, 0.15) is 16.8 Å². The van der Waals surface area contributed by atoms with Crippen molar-refractivity contribution >= 4 is 27.8 Å². The maximum atomic E-state index is 12.3. The van der Waals surface area contributed by atoms with Crippen LogP contribution in [-0.4, -0.2) is 52.8 Å². The van der Waals surface area contributed by atoms with Crippen LogP contribution in [0.5, 0.6) is 5.75 Å². The molecule has 1 aliphatic rings. The number of rotatable bonds is 3. The maximum Gasteiger partial charge on any atom is 0.326 e. The lowest BCUT2D eigenvalue weighted by Gasteiger charge is -2.21. The second-order valence-electron chi connectivity index (χ2n) is 4.55. The van der Waals surface area contributed by atoms with Gasteiger partial charge in [-0.3, -0.25) is 4.79 Å². The average Bonchev–Trinajstić information content (AvgIpc) is 2.80. The van der Waals surface area contributed by atoms with Gasteiger partial charge in [0.25, 0.3) is 5.91 Å². The number of aliphatic hydroxyl groups excluding tert-OH is 1. The summed E-state index contributed by atoms with van der Waals surface area (Å²) in [7, 11) is 1.51. The number of aliphatic hydroxyl groups is 1. The highest BCUT2D eigenvalue weighted by molar-refractivity contribution is 9.10. The van der Waals surface area contributed by atoms with Crippen LogP contribution >= 0.6 is 15.9 Å². The number of nitrogens with zero attached hydrogens (tertiary/aromatic N) is 1. The Labute approximate surface area is 124 Å². The normalized spacial score (nSPS) is 21.9. The van der Waals surface area contributed by atoms with Gasteiger partial charge in [0.15, 0.2) is 0 Å². The van der Waals surface area contributed by atoms with Gasteiger partial charge in [0.2, 0.25) is 0 Å². The van der Waals surface area contributed by atoms with Crippen LogP contribution in [0.2, 0.25) is 0 Å². The smallest absolute Gasteiger partial charge is 0.326 e. The number of hydrogen-bond donors (Lipinski definition) is 2. The molecule has 1 heterocycles. The van der Waals surface area contributed by atoms with E-state index in [1.165, 1.54) is 12.0 Å². The average molecular weight is 344 g/mol. The summed E-state index contributed by atoms with van der Waals surface area (Å²) in [5.41, 5.74) is 0.345. The molecule has 2 atom stereocenters. The van der Waals surface area contributed by atoms with Gasteiger partial charge in [0.1, 0.15) is 11.8 Å². The largest absolute Gasteiger partial charge is 0.496 e. The molecule has 1 aliphatic heterocycles. The van der Waals surface area contributed by atoms with Gasteiger partial charge in [-0.05, 0) is 34.1 Å². The standard InChI is InChI=1S/C13H14BrNO5/c1-20-11-3-2-7(4-9(11)14)12(17)15-6-8(16)5-10(15)13(18)19/h2-4,8,10,16H,5-6H2,1H3,(H,18,19). The molecule has 6 nitrogen and oxygen atoms in total. The van der Waals surface area contributed by atoms with E-state index in [-0.39, 0.29) is 13.0 Å². The minimum Gasteiger partial charge on any atom is -0.496 e. The van der Waals surface area contributed by atoms with Crippen molar-refractivity contribution in [3.8, 4) is 5.75 Å². The Morgan fingerprint density at radius 1 is 1.45 bits per heavy atom. The predicted octanol–water partition coefficient (Wildman–Crippen LogP) is 1.12. The molecule has 0 spiro atoms. The van der Waals surface area contributed by atoms with Gasteiger partial charge in [-0.2, -0.15) is 0 Å². The molecule has 2 N–H and O–H groups in total. The van der Waals surface area contributed by atoms with Gasteiger partial charge < -0.3 is 19.8 Å². The van der Waals surface area contributed by atoms with Crippen LogP contribution in [0.25, 0.3) is 0 Å². The molecule has 0 radical (unpaired) electrons. The number of carbonyl (C=O) groups is 2. The maximum absolute atomic E-state index is 12.3. The fraction of sp³-hybridized carbons (Fsp3) is 0.385. The molecule has 108 valence electrons. The molecule has 2 rings (SSSR count). The first-order valence-corrected chi connectivity index (χ1v) is 6.78. The zero-order valence-corrected chi connectivity index (χ0v) is 12.3. The summed E-state index contributed by atoms with van der Waals surface area (Å²) in [5, 5.41) is 18.7. The highest BCUT2D eigenvalue weighted by atomic mass is 79.9. The Balaban J connectivity index is 2.26. The number of halogens is 1. The third-order valence-corrected chi connectivity index (χ3v) is 3.84. The summed E-state index contributed by atoms with van der Waals surface area (Å²) >= 11 is 3.28. The van der Waals surface area contributed by atoms with Crippen molar-refractivity contribution in [2.75, 3.05) is 13.7 Å². The number of ether oxygens (including phenoxy) is 1. The van der Waals surface area contributed by atoms with Crippen LogP contribution < -0.4 is 4.74 Å². The summed E-state index contributed by atoms with van der Waals surface area (Å²) in [4.78, 5) is 24.7. The van der Waals surface area contributed by atoms with Gasteiger partial charge in [-0.1, -0.05) is 0 Å². The minimum absolute atomic E-state index is 0.0272. The molecule has 1 aromatic carbocycles. The van der Waals surface area contributed by atoms with Gasteiger partial charge in [0.05, 0.1) is 17.7 Å². The number of aliphatic carboxylic acids is 1. The third-order valence-electron chi connectivity index (χ3n) is 3.22. The number of hydrogen-bond acceptors (Lipinski definition) is 4. The zero-order valence-electron chi connectivity index (χ0n) is 10.7. The molecule has 20 heavy (non-hydrogen) atoms. The predicted molar refractivity (Wildman–Crippen MR) is 73.8 cm³/mol. The summed E-state index contributed by atoms with van der Waals surface area (Å²) in [6.07, 6.45) is -0.750. The van der Waals surface area contributed by atoms with Crippen molar-refractivity contribution in [3.05, 3.63) is 28.2 Å². The number of amides is 1. The first-order valence-electron chi connectivity index (χ1n) is 5.99. The summed E-state index contributed by atoms with van der Waals surface area (Å²) < 4.78 is 5.68. The fourth-order valence-electron chi connectivity index (χ4n) is 2.24. The molecule has 0 saturated carbocycles. The third kappa shape index (κ3) is 2.78. The molecule has 1 amide bonds. The Hall–Kier alpha value is -1.60. The van der Waals surface area contributed by atoms with Crippen molar-refractivity contribution in [1.82, 2.24) is 4.90 Å². The number of β-amino-alcohol motifs (C(OH)–C–C–N with tert-alkyl or cyclic N) is 1. The van der Waals surface area contributed by atoms with E-state index in [4.69, 9.17) is 9.84 Å². The monoisotopic (exact) mass is 343 g/mol. The second kappa shape index (κ2) is 5.80. The van der Waals surface area contributed by atoms with Gasteiger partial charge in [0, 0.05) is 18.5 Å². The van der Waals surface area contributed by atoms with Crippen molar-refractivity contribution < 1.29 is 24.5 Å². The first-order chi connectivity index (χ1) is 9.43. The van der Waals surface area contributed by atoms with E-state index >= 15 is 0 Å². The summed E-state index contributed by atoms with van der Waals surface area (Å²) in [5.74, 6) is -0.947. The van der Waals surface area contributed by atoms with Crippen LogP contribution in [0.15, 0.2) is 22.7 Å². The topological polar surface area (TPSA) is 87.1 Å². The lowest BCUT2D eigenvalue weighted by atomic mass is 10.1. The number of likely N-dealkylation sites (tertiary alicyclic amines) is 1. The van der Waals surface area contributed by atoms with Crippen LogP contribution in [0.3, 0.4) is 0 Å². The number of carboxylic acids is 1. The highest BCUT2D eigenvalue weighted by Crippen LogP contribution is 2.27. The Bertz CT molecular complexity index is 548. The van der Waals surface area contributed by atoms with Gasteiger partial charge in [-0.25, -0.2) is 4.79 Å². The molecule has 0 aliphatic carbocycles. The SMILES string of the molecule is COc1ccc(C(=O)N2CC(O)CC2C(=O)O)cc1Br. The lowest BCUT2D eigenvalue weighted by Crippen LogP contribution is -2.40. The van der Waals surface area contributed by atoms with Gasteiger partial charge >= 0.3 is 5.97 Å². The number of carbonyl (C=O) groups excluding carboxylic acids is 1. The molecular weight excluding hydrogens is 330 g/mol. The summed E-state index contributed by atoms with van der Waals surface area (Å²) in [6, 6.07) is 3.78. The summed E-state index contributed by atoms with van der Waals surface area (Å²) in [6.45, 7) is 0.0272. The molecular formula is C13H14BrNO5. The van der Waals surface area contributed by atoms with E-state index in [0.717, 1.165) is 0 Å². The Morgan fingerprint density at radius 3 is 2.70 bits per heavy atom. The molecule has 1 saturated heterocycles. The van der Waals surface area contributed by atoms with Crippen molar-refractivity contribution in [3.63, 3.8) is 0 Å². The molecule has 2 unspecified atom stereocenters. The molecule has 1 aromatic rings. The first kappa shape index (κ1) is 14.8. The quantitative estimate of drug-likeness (QED) is 0.858. The number of methoxy groups -OCH3 is 1. The van der Waals surface area contributed by atoms with Crippen LogP contribution in [-0.2, 0) is 4.79 Å². The van der Waals surface area contributed by atoms with E-state index in [9.17, 15) is 14.7 Å². The van der Waals surface area contributed by atoms with E-state index in [2.05, 4.69) is 15.9 Å².